The van der Waals surface area contributed by atoms with Crippen molar-refractivity contribution in [3.63, 3.8) is 0 Å². The predicted octanol–water partition coefficient (Wildman–Crippen LogP) is 4.48. The molecular weight excluding hydrogens is 218 g/mol. The Bertz CT molecular complexity index is 352. The molecule has 0 radical (unpaired) electrons. The van der Waals surface area contributed by atoms with Crippen LogP contribution in [-0.2, 0) is 6.54 Å². The molecule has 2 unspecified atom stereocenters. The molecule has 0 aliphatic heterocycles. The number of benzene rings is 1. The first-order valence-corrected chi connectivity index (χ1v) is 7.53. The zero-order valence-electron chi connectivity index (χ0n) is 12.1. The zero-order chi connectivity index (χ0) is 13.0. The summed E-state index contributed by atoms with van der Waals surface area (Å²) < 4.78 is 0. The van der Waals surface area contributed by atoms with Crippen LogP contribution >= 0.6 is 0 Å². The van der Waals surface area contributed by atoms with Crippen molar-refractivity contribution in [2.75, 3.05) is 0 Å². The van der Waals surface area contributed by atoms with Gasteiger partial charge in [0, 0.05) is 12.6 Å². The highest BCUT2D eigenvalue weighted by Crippen LogP contribution is 2.28. The molecule has 1 nitrogen and oxygen atoms in total. The van der Waals surface area contributed by atoms with Crippen molar-refractivity contribution >= 4 is 0 Å². The van der Waals surface area contributed by atoms with E-state index in [9.17, 15) is 0 Å². The summed E-state index contributed by atoms with van der Waals surface area (Å²) in [5.74, 6) is 1.53. The highest BCUT2D eigenvalue weighted by molar-refractivity contribution is 5.24. The van der Waals surface area contributed by atoms with Gasteiger partial charge in [-0.05, 0) is 35.8 Å². The van der Waals surface area contributed by atoms with E-state index in [1.165, 1.54) is 36.8 Å². The van der Waals surface area contributed by atoms with Crippen LogP contribution in [0.25, 0.3) is 0 Å². The van der Waals surface area contributed by atoms with Gasteiger partial charge < -0.3 is 5.32 Å². The zero-order valence-corrected chi connectivity index (χ0v) is 12.1. The van der Waals surface area contributed by atoms with Gasteiger partial charge in [-0.3, -0.25) is 0 Å². The standard InChI is InChI=1S/C17H27N/c1-4-15-6-5-7-17(15)18-12-14-8-10-16(11-9-14)13(2)3/h8-11,13,15,17-18H,4-7,12H2,1-3H3. The molecule has 2 rings (SSSR count). The Labute approximate surface area is 112 Å². The lowest BCUT2D eigenvalue weighted by Gasteiger charge is -2.19. The Balaban J connectivity index is 1.86. The van der Waals surface area contributed by atoms with Crippen molar-refractivity contribution in [2.24, 2.45) is 5.92 Å². The van der Waals surface area contributed by atoms with Gasteiger partial charge in [0.15, 0.2) is 0 Å². The third kappa shape index (κ3) is 3.35. The van der Waals surface area contributed by atoms with Crippen LogP contribution < -0.4 is 5.32 Å². The lowest BCUT2D eigenvalue weighted by molar-refractivity contribution is 0.389. The molecule has 0 amide bonds. The first-order valence-electron chi connectivity index (χ1n) is 7.53. The van der Waals surface area contributed by atoms with E-state index in [0.29, 0.717) is 5.92 Å². The maximum Gasteiger partial charge on any atom is 0.0208 e. The molecule has 1 fully saturated rings. The maximum atomic E-state index is 3.75. The Morgan fingerprint density at radius 3 is 2.50 bits per heavy atom. The number of hydrogen-bond donors (Lipinski definition) is 1. The van der Waals surface area contributed by atoms with E-state index in [1.807, 2.05) is 0 Å². The molecule has 2 atom stereocenters. The molecule has 1 aromatic carbocycles. The SMILES string of the molecule is CCC1CCCC1NCc1ccc(C(C)C)cc1. The average molecular weight is 245 g/mol. The molecule has 0 saturated heterocycles. The van der Waals surface area contributed by atoms with Crippen molar-refractivity contribution in [1.82, 2.24) is 5.32 Å². The van der Waals surface area contributed by atoms with E-state index >= 15 is 0 Å². The van der Waals surface area contributed by atoms with E-state index in [4.69, 9.17) is 0 Å². The van der Waals surface area contributed by atoms with Crippen LogP contribution in [0.15, 0.2) is 24.3 Å². The summed E-state index contributed by atoms with van der Waals surface area (Å²) in [7, 11) is 0. The summed E-state index contributed by atoms with van der Waals surface area (Å²) in [5, 5.41) is 3.75. The molecule has 0 heterocycles. The number of nitrogens with one attached hydrogen (secondary N) is 1. The van der Waals surface area contributed by atoms with Crippen LogP contribution in [0.1, 0.15) is 63.5 Å². The van der Waals surface area contributed by atoms with Gasteiger partial charge in [-0.15, -0.1) is 0 Å². The van der Waals surface area contributed by atoms with Crippen LogP contribution in [0, 0.1) is 5.92 Å². The smallest absolute Gasteiger partial charge is 0.0208 e. The molecule has 1 N–H and O–H groups in total. The van der Waals surface area contributed by atoms with Crippen LogP contribution in [0.4, 0.5) is 0 Å². The largest absolute Gasteiger partial charge is 0.310 e. The van der Waals surface area contributed by atoms with E-state index in [0.717, 1.165) is 18.5 Å². The summed E-state index contributed by atoms with van der Waals surface area (Å²) in [6.45, 7) is 7.84. The van der Waals surface area contributed by atoms with Gasteiger partial charge in [0.05, 0.1) is 0 Å². The molecule has 0 bridgehead atoms. The number of rotatable bonds is 5. The second-order valence-electron chi connectivity index (χ2n) is 5.98. The van der Waals surface area contributed by atoms with Crippen LogP contribution in [-0.4, -0.2) is 6.04 Å². The van der Waals surface area contributed by atoms with E-state index in [-0.39, 0.29) is 0 Å². The molecule has 1 aliphatic carbocycles. The van der Waals surface area contributed by atoms with Gasteiger partial charge in [-0.2, -0.15) is 0 Å². The minimum atomic E-state index is 0.631. The van der Waals surface area contributed by atoms with Gasteiger partial charge in [-0.1, -0.05) is 57.9 Å². The molecule has 1 heteroatoms. The van der Waals surface area contributed by atoms with Crippen LogP contribution in [0.3, 0.4) is 0 Å². The first kappa shape index (κ1) is 13.6. The Kier molecular flexibility index (Phi) is 4.82. The fraction of sp³-hybridized carbons (Fsp3) is 0.647. The molecule has 0 spiro atoms. The monoisotopic (exact) mass is 245 g/mol. The van der Waals surface area contributed by atoms with Crippen molar-refractivity contribution < 1.29 is 0 Å². The second kappa shape index (κ2) is 6.38. The van der Waals surface area contributed by atoms with Gasteiger partial charge in [-0.25, -0.2) is 0 Å². The van der Waals surface area contributed by atoms with Gasteiger partial charge in [0.1, 0.15) is 0 Å². The van der Waals surface area contributed by atoms with Gasteiger partial charge >= 0.3 is 0 Å². The minimum Gasteiger partial charge on any atom is -0.310 e. The normalized spacial score (nSPS) is 23.8. The molecule has 18 heavy (non-hydrogen) atoms. The molecular formula is C17H27N. The summed E-state index contributed by atoms with van der Waals surface area (Å²) >= 11 is 0. The lowest BCUT2D eigenvalue weighted by atomic mass is 9.99. The fourth-order valence-electron chi connectivity index (χ4n) is 3.06. The molecule has 1 saturated carbocycles. The topological polar surface area (TPSA) is 12.0 Å². The van der Waals surface area contributed by atoms with Crippen LogP contribution in [0.2, 0.25) is 0 Å². The van der Waals surface area contributed by atoms with Crippen molar-refractivity contribution in [1.29, 1.82) is 0 Å². The van der Waals surface area contributed by atoms with E-state index in [1.54, 1.807) is 0 Å². The molecule has 1 aliphatic rings. The molecule has 1 aromatic rings. The highest BCUT2D eigenvalue weighted by atomic mass is 14.9. The van der Waals surface area contributed by atoms with Gasteiger partial charge in [0.25, 0.3) is 0 Å². The summed E-state index contributed by atoms with van der Waals surface area (Å²) in [6.07, 6.45) is 5.51. The highest BCUT2D eigenvalue weighted by Gasteiger charge is 2.24. The van der Waals surface area contributed by atoms with Crippen molar-refractivity contribution in [3.8, 4) is 0 Å². The quantitative estimate of drug-likeness (QED) is 0.806. The third-order valence-corrected chi connectivity index (χ3v) is 4.40. The lowest BCUT2D eigenvalue weighted by Crippen LogP contribution is -2.31. The number of hydrogen-bond acceptors (Lipinski definition) is 1. The Morgan fingerprint density at radius 1 is 1.17 bits per heavy atom. The minimum absolute atomic E-state index is 0.631. The predicted molar refractivity (Wildman–Crippen MR) is 78.8 cm³/mol. The van der Waals surface area contributed by atoms with Gasteiger partial charge in [0.2, 0.25) is 0 Å². The summed E-state index contributed by atoms with van der Waals surface area (Å²) in [5.41, 5.74) is 2.85. The first-order chi connectivity index (χ1) is 8.70. The molecule has 0 aromatic heterocycles. The second-order valence-corrected chi connectivity index (χ2v) is 5.98. The van der Waals surface area contributed by atoms with E-state index in [2.05, 4.69) is 50.4 Å². The fourth-order valence-corrected chi connectivity index (χ4v) is 3.06. The maximum absolute atomic E-state index is 3.75. The van der Waals surface area contributed by atoms with E-state index < -0.39 is 0 Å². The third-order valence-electron chi connectivity index (χ3n) is 4.40. The van der Waals surface area contributed by atoms with Crippen LogP contribution in [0.5, 0.6) is 0 Å². The summed E-state index contributed by atoms with van der Waals surface area (Å²) in [4.78, 5) is 0. The average Bonchev–Trinajstić information content (AvgIpc) is 2.84. The van der Waals surface area contributed by atoms with Crippen molar-refractivity contribution in [3.05, 3.63) is 35.4 Å². The Hall–Kier alpha value is -0.820. The Morgan fingerprint density at radius 2 is 1.89 bits per heavy atom. The summed E-state index contributed by atoms with van der Waals surface area (Å²) in [6, 6.07) is 9.84. The van der Waals surface area contributed by atoms with Crippen molar-refractivity contribution in [2.45, 2.75) is 65.0 Å². The molecule has 100 valence electrons.